The van der Waals surface area contributed by atoms with E-state index in [0.29, 0.717) is 38.2 Å². The van der Waals surface area contributed by atoms with E-state index in [4.69, 9.17) is 22.1 Å². The second kappa shape index (κ2) is 11.3. The number of hydrogen-bond donors (Lipinski definition) is 1. The maximum Gasteiger partial charge on any atom is 0.327 e. The number of ether oxygens (including phenoxy) is 2. The third kappa shape index (κ3) is 5.98. The van der Waals surface area contributed by atoms with Crippen molar-refractivity contribution in [3.8, 4) is 0 Å². The van der Waals surface area contributed by atoms with Crippen LogP contribution in [0.4, 0.5) is 4.39 Å². The lowest BCUT2D eigenvalue weighted by Gasteiger charge is -2.36. The highest BCUT2D eigenvalue weighted by atomic mass is 32.1. The number of benzene rings is 1. The molecule has 32 heavy (non-hydrogen) atoms. The van der Waals surface area contributed by atoms with Crippen molar-refractivity contribution >= 4 is 30.6 Å². The van der Waals surface area contributed by atoms with Gasteiger partial charge in [-0.3, -0.25) is 14.4 Å². The minimum absolute atomic E-state index is 0.00477. The number of nitrogens with zero attached hydrogens (tertiary/aromatic N) is 3. The number of hydrogen-bond acceptors (Lipinski definition) is 7. The van der Waals surface area contributed by atoms with Gasteiger partial charge in [-0.15, -0.1) is 0 Å². The van der Waals surface area contributed by atoms with Gasteiger partial charge in [0.2, 0.25) is 0 Å². The predicted octanol–water partition coefficient (Wildman–Crippen LogP) is 3.28. The Kier molecular flexibility index (Phi) is 8.46. The molecule has 1 aliphatic rings. The van der Waals surface area contributed by atoms with Gasteiger partial charge < -0.3 is 9.47 Å². The number of methoxy groups -OCH3 is 1. The standard InChI is InChI=1S/C23H28FN3O4S/c1-3-31-21(28)10-13-27-12-8-17(25-27)14-16-15-26(11-9-20(16)32)22(23(29)30-2)18-6-4-5-7-19(18)24/h4-8,12,14,20,22,32H,3,9-11,13,15H2,1-2H3/b16-14+/t20-,22+/m1/s1. The van der Waals surface area contributed by atoms with E-state index >= 15 is 0 Å². The fraction of sp³-hybridized carbons (Fsp3) is 0.435. The van der Waals surface area contributed by atoms with Crippen LogP contribution in [-0.2, 0) is 25.6 Å². The highest BCUT2D eigenvalue weighted by Gasteiger charge is 2.34. The van der Waals surface area contributed by atoms with E-state index in [1.165, 1.54) is 13.2 Å². The van der Waals surface area contributed by atoms with Gasteiger partial charge in [-0.05, 0) is 37.1 Å². The fourth-order valence-electron chi connectivity index (χ4n) is 3.74. The Labute approximate surface area is 192 Å². The molecule has 0 unspecified atom stereocenters. The molecule has 9 heteroatoms. The quantitative estimate of drug-likeness (QED) is 0.481. The lowest BCUT2D eigenvalue weighted by Crippen LogP contribution is -2.42. The molecule has 7 nitrogen and oxygen atoms in total. The number of carbonyl (C=O) groups is 2. The molecule has 1 aliphatic heterocycles. The molecule has 0 spiro atoms. The van der Waals surface area contributed by atoms with Gasteiger partial charge in [0.25, 0.3) is 0 Å². The van der Waals surface area contributed by atoms with Crippen molar-refractivity contribution in [1.29, 1.82) is 0 Å². The van der Waals surface area contributed by atoms with Gasteiger partial charge in [-0.25, -0.2) is 9.18 Å². The summed E-state index contributed by atoms with van der Waals surface area (Å²) in [5, 5.41) is 4.49. The summed E-state index contributed by atoms with van der Waals surface area (Å²) in [5.41, 5.74) is 1.99. The Balaban J connectivity index is 1.77. The number of aromatic nitrogens is 2. The molecule has 0 aliphatic carbocycles. The number of likely N-dealkylation sites (tertiary alicyclic amines) is 1. The molecule has 2 aromatic rings. The van der Waals surface area contributed by atoms with Crippen LogP contribution in [-0.4, -0.2) is 58.7 Å². The third-order valence-corrected chi connectivity index (χ3v) is 5.93. The minimum atomic E-state index is -0.840. The second-order valence-electron chi connectivity index (χ2n) is 7.50. The minimum Gasteiger partial charge on any atom is -0.468 e. The van der Waals surface area contributed by atoms with Gasteiger partial charge >= 0.3 is 11.9 Å². The first-order valence-electron chi connectivity index (χ1n) is 10.6. The Morgan fingerprint density at radius 1 is 1.34 bits per heavy atom. The fourth-order valence-corrected chi connectivity index (χ4v) is 4.02. The number of thiol groups is 1. The molecule has 0 saturated carbocycles. The highest BCUT2D eigenvalue weighted by Crippen LogP contribution is 2.31. The van der Waals surface area contributed by atoms with Crippen LogP contribution >= 0.6 is 12.6 Å². The summed E-state index contributed by atoms with van der Waals surface area (Å²) in [6.07, 6.45) is 4.68. The van der Waals surface area contributed by atoms with E-state index in [9.17, 15) is 14.0 Å². The van der Waals surface area contributed by atoms with Gasteiger partial charge in [0, 0.05) is 30.1 Å². The summed E-state index contributed by atoms with van der Waals surface area (Å²) in [7, 11) is 1.31. The molecule has 1 aromatic heterocycles. The summed E-state index contributed by atoms with van der Waals surface area (Å²) in [6, 6.07) is 7.27. The largest absolute Gasteiger partial charge is 0.468 e. The SMILES string of the molecule is CCOC(=O)CCn1ccc(/C=C2\CN([C@H](C(=O)OC)c3ccccc3F)CC[C@H]2S)n1. The highest BCUT2D eigenvalue weighted by molar-refractivity contribution is 7.81. The second-order valence-corrected chi connectivity index (χ2v) is 8.12. The smallest absolute Gasteiger partial charge is 0.327 e. The van der Waals surface area contributed by atoms with Crippen LogP contribution in [0.25, 0.3) is 6.08 Å². The third-order valence-electron chi connectivity index (χ3n) is 5.34. The first kappa shape index (κ1) is 24.0. The molecule has 2 atom stereocenters. The van der Waals surface area contributed by atoms with Crippen LogP contribution in [0.1, 0.15) is 37.1 Å². The van der Waals surface area contributed by atoms with Crippen molar-refractivity contribution in [2.75, 3.05) is 26.8 Å². The van der Waals surface area contributed by atoms with Crippen LogP contribution in [0.15, 0.2) is 42.1 Å². The molecule has 0 bridgehead atoms. The molecule has 1 fully saturated rings. The predicted molar refractivity (Wildman–Crippen MR) is 122 cm³/mol. The molecular weight excluding hydrogens is 433 g/mol. The van der Waals surface area contributed by atoms with Gasteiger partial charge in [-0.1, -0.05) is 18.2 Å². The molecular formula is C23H28FN3O4S. The summed E-state index contributed by atoms with van der Waals surface area (Å²) in [5.74, 6) is -1.21. The monoisotopic (exact) mass is 461 g/mol. The molecule has 0 radical (unpaired) electrons. The maximum atomic E-state index is 14.5. The van der Waals surface area contributed by atoms with Crippen LogP contribution in [0.2, 0.25) is 0 Å². The summed E-state index contributed by atoms with van der Waals surface area (Å²) < 4.78 is 26.1. The van der Waals surface area contributed by atoms with Crippen molar-refractivity contribution in [2.45, 2.75) is 37.6 Å². The van der Waals surface area contributed by atoms with E-state index in [0.717, 1.165) is 11.3 Å². The van der Waals surface area contributed by atoms with E-state index in [1.807, 2.05) is 17.0 Å². The first-order valence-corrected chi connectivity index (χ1v) is 11.1. The number of carbonyl (C=O) groups excluding carboxylic acids is 2. The van der Waals surface area contributed by atoms with Gasteiger partial charge in [-0.2, -0.15) is 17.7 Å². The van der Waals surface area contributed by atoms with Crippen LogP contribution in [0, 0.1) is 5.82 Å². The normalized spacial score (nSPS) is 19.0. The van der Waals surface area contributed by atoms with Crippen molar-refractivity contribution < 1.29 is 23.5 Å². The molecule has 2 heterocycles. The van der Waals surface area contributed by atoms with E-state index in [1.54, 1.807) is 36.0 Å². The molecule has 3 rings (SSSR count). The number of aryl methyl sites for hydroxylation is 1. The van der Waals surface area contributed by atoms with Crippen LogP contribution in [0.5, 0.6) is 0 Å². The van der Waals surface area contributed by atoms with Crippen LogP contribution in [0.3, 0.4) is 0 Å². The summed E-state index contributed by atoms with van der Waals surface area (Å²) >= 11 is 4.70. The lowest BCUT2D eigenvalue weighted by molar-refractivity contribution is -0.147. The maximum absolute atomic E-state index is 14.5. The molecule has 0 amide bonds. The van der Waals surface area contributed by atoms with E-state index in [2.05, 4.69) is 5.10 Å². The van der Waals surface area contributed by atoms with Gasteiger partial charge in [0.1, 0.15) is 11.9 Å². The zero-order valence-electron chi connectivity index (χ0n) is 18.2. The Hall–Kier alpha value is -2.65. The number of rotatable bonds is 8. The summed E-state index contributed by atoms with van der Waals surface area (Å²) in [4.78, 5) is 26.0. The van der Waals surface area contributed by atoms with Gasteiger partial charge in [0.15, 0.2) is 0 Å². The average Bonchev–Trinajstić information content (AvgIpc) is 3.23. The Morgan fingerprint density at radius 2 is 2.12 bits per heavy atom. The van der Waals surface area contributed by atoms with Crippen molar-refractivity contribution in [3.63, 3.8) is 0 Å². The van der Waals surface area contributed by atoms with E-state index in [-0.39, 0.29) is 17.6 Å². The van der Waals surface area contributed by atoms with Crippen LogP contribution < -0.4 is 0 Å². The summed E-state index contributed by atoms with van der Waals surface area (Å²) in [6.45, 7) is 3.56. The number of esters is 2. The first-order chi connectivity index (χ1) is 15.4. The van der Waals surface area contributed by atoms with E-state index < -0.39 is 17.8 Å². The molecule has 1 saturated heterocycles. The van der Waals surface area contributed by atoms with Crippen molar-refractivity contribution in [2.24, 2.45) is 0 Å². The zero-order chi connectivity index (χ0) is 23.1. The van der Waals surface area contributed by atoms with Crippen molar-refractivity contribution in [3.05, 3.63) is 59.2 Å². The Bertz CT molecular complexity index is 978. The van der Waals surface area contributed by atoms with Gasteiger partial charge in [0.05, 0.1) is 32.4 Å². The zero-order valence-corrected chi connectivity index (χ0v) is 19.1. The number of halogens is 1. The number of piperidine rings is 1. The molecule has 0 N–H and O–H groups in total. The lowest BCUT2D eigenvalue weighted by atomic mass is 9.97. The molecule has 1 aromatic carbocycles. The topological polar surface area (TPSA) is 73.7 Å². The Morgan fingerprint density at radius 3 is 2.84 bits per heavy atom. The van der Waals surface area contributed by atoms with Crippen molar-refractivity contribution in [1.82, 2.24) is 14.7 Å². The molecule has 172 valence electrons. The average molecular weight is 462 g/mol.